The van der Waals surface area contributed by atoms with Gasteiger partial charge in [0, 0.05) is 5.56 Å². The van der Waals surface area contributed by atoms with E-state index >= 15 is 0 Å². The summed E-state index contributed by atoms with van der Waals surface area (Å²) in [7, 11) is 0. The van der Waals surface area contributed by atoms with Crippen molar-refractivity contribution in [1.82, 2.24) is 0 Å². The minimum atomic E-state index is 0.370. The summed E-state index contributed by atoms with van der Waals surface area (Å²) < 4.78 is 5.67. The fraction of sp³-hybridized carbons (Fsp3) is 0.318. The lowest BCUT2D eigenvalue weighted by molar-refractivity contribution is 0.339. The molecule has 1 aliphatic rings. The van der Waals surface area contributed by atoms with Crippen molar-refractivity contribution in [3.8, 4) is 5.75 Å². The minimum Gasteiger partial charge on any atom is -0.494 e. The molecule has 0 aromatic heterocycles. The van der Waals surface area contributed by atoms with Crippen LogP contribution < -0.4 is 4.74 Å². The zero-order valence-electron chi connectivity index (χ0n) is 14.5. The van der Waals surface area contributed by atoms with Crippen molar-refractivity contribution in [2.75, 3.05) is 6.61 Å². The van der Waals surface area contributed by atoms with Crippen LogP contribution in [-0.2, 0) is 6.42 Å². The number of allylic oxidation sites excluding steroid dienone is 1. The van der Waals surface area contributed by atoms with Gasteiger partial charge in [-0.05, 0) is 55.2 Å². The van der Waals surface area contributed by atoms with Crippen LogP contribution in [0.4, 0.5) is 0 Å². The zero-order chi connectivity index (χ0) is 16.8. The summed E-state index contributed by atoms with van der Waals surface area (Å²) >= 11 is 0. The second-order valence-corrected chi connectivity index (χ2v) is 6.16. The third-order valence-electron chi connectivity index (χ3n) is 4.30. The highest BCUT2D eigenvalue weighted by atomic mass is 16.5. The van der Waals surface area contributed by atoms with E-state index in [0.717, 1.165) is 30.7 Å². The maximum Gasteiger partial charge on any atom is 0.119 e. The maximum atomic E-state index is 5.67. The third kappa shape index (κ3) is 3.94. The zero-order valence-corrected chi connectivity index (χ0v) is 14.5. The molecular weight excluding hydrogens is 294 g/mol. The Hall–Kier alpha value is -2.35. The van der Waals surface area contributed by atoms with E-state index in [1.165, 1.54) is 16.7 Å². The predicted molar refractivity (Wildman–Crippen MR) is 102 cm³/mol. The van der Waals surface area contributed by atoms with Gasteiger partial charge in [0.25, 0.3) is 0 Å². The minimum absolute atomic E-state index is 0.370. The molecule has 0 amide bonds. The number of aliphatic imine (C=N–C) groups is 1. The summed E-state index contributed by atoms with van der Waals surface area (Å²) in [6.45, 7) is 4.95. The lowest BCUT2D eigenvalue weighted by Gasteiger charge is -2.22. The normalized spacial score (nSPS) is 16.8. The molecular formula is C22H25NO. The molecule has 124 valence electrons. The van der Waals surface area contributed by atoms with Gasteiger partial charge in [-0.15, -0.1) is 0 Å². The highest BCUT2D eigenvalue weighted by molar-refractivity contribution is 6.12. The van der Waals surface area contributed by atoms with Gasteiger partial charge in [-0.25, -0.2) is 0 Å². The molecule has 0 bridgehead atoms. The Labute approximate surface area is 144 Å². The smallest absolute Gasteiger partial charge is 0.119 e. The van der Waals surface area contributed by atoms with Gasteiger partial charge < -0.3 is 4.74 Å². The summed E-state index contributed by atoms with van der Waals surface area (Å²) in [6, 6.07) is 17.1. The molecule has 2 aromatic rings. The van der Waals surface area contributed by atoms with Crippen LogP contribution >= 0.6 is 0 Å². The summed E-state index contributed by atoms with van der Waals surface area (Å²) in [6.07, 6.45) is 7.59. The average molecular weight is 319 g/mol. The molecule has 24 heavy (non-hydrogen) atoms. The van der Waals surface area contributed by atoms with E-state index in [1.54, 1.807) is 0 Å². The first kappa shape index (κ1) is 16.5. The summed E-state index contributed by atoms with van der Waals surface area (Å²) in [5.41, 5.74) is 4.87. The van der Waals surface area contributed by atoms with Crippen LogP contribution in [0.3, 0.4) is 0 Å². The lowest BCUT2D eigenvalue weighted by atomic mass is 9.91. The number of ether oxygens (including phenoxy) is 1. The van der Waals surface area contributed by atoms with Gasteiger partial charge in [-0.2, -0.15) is 0 Å². The first-order valence-electron chi connectivity index (χ1n) is 8.87. The topological polar surface area (TPSA) is 21.6 Å². The van der Waals surface area contributed by atoms with Crippen LogP contribution in [0.1, 0.15) is 43.4 Å². The second-order valence-electron chi connectivity index (χ2n) is 6.16. The fourth-order valence-electron chi connectivity index (χ4n) is 3.18. The standard InChI is InChI=1S/C22H25NO/c1-3-8-19-15-18-16-20(24-4-2)12-13-21(18)22(23-19)14-11-17-9-6-5-7-10-17/h5-7,9-14,16,19H,3-4,8,15H2,1-2H3. The number of hydrogen-bond acceptors (Lipinski definition) is 2. The molecule has 1 unspecified atom stereocenters. The highest BCUT2D eigenvalue weighted by Crippen LogP contribution is 2.27. The van der Waals surface area contributed by atoms with Gasteiger partial charge in [0.2, 0.25) is 0 Å². The van der Waals surface area contributed by atoms with E-state index in [1.807, 2.05) is 19.1 Å². The molecule has 0 saturated carbocycles. The monoisotopic (exact) mass is 319 g/mol. The number of nitrogens with zero attached hydrogens (tertiary/aromatic N) is 1. The molecule has 0 saturated heterocycles. The third-order valence-corrected chi connectivity index (χ3v) is 4.30. The fourth-order valence-corrected chi connectivity index (χ4v) is 3.18. The van der Waals surface area contributed by atoms with Crippen molar-refractivity contribution in [2.45, 2.75) is 39.2 Å². The van der Waals surface area contributed by atoms with Gasteiger partial charge in [0.15, 0.2) is 0 Å². The van der Waals surface area contributed by atoms with Gasteiger partial charge in [-0.3, -0.25) is 4.99 Å². The molecule has 0 fully saturated rings. The van der Waals surface area contributed by atoms with Crippen molar-refractivity contribution >= 4 is 11.8 Å². The van der Waals surface area contributed by atoms with Crippen molar-refractivity contribution in [2.24, 2.45) is 4.99 Å². The molecule has 2 nitrogen and oxygen atoms in total. The van der Waals surface area contributed by atoms with Crippen molar-refractivity contribution in [3.05, 3.63) is 71.3 Å². The quantitative estimate of drug-likeness (QED) is 0.707. The van der Waals surface area contributed by atoms with E-state index in [0.29, 0.717) is 12.6 Å². The molecule has 0 N–H and O–H groups in total. The van der Waals surface area contributed by atoms with E-state index in [-0.39, 0.29) is 0 Å². The average Bonchev–Trinajstić information content (AvgIpc) is 2.61. The molecule has 0 spiro atoms. The summed E-state index contributed by atoms with van der Waals surface area (Å²) in [4.78, 5) is 4.99. The van der Waals surface area contributed by atoms with E-state index in [9.17, 15) is 0 Å². The molecule has 2 aromatic carbocycles. The van der Waals surface area contributed by atoms with Crippen LogP contribution in [0.5, 0.6) is 5.75 Å². The predicted octanol–water partition coefficient (Wildman–Crippen LogP) is 5.31. The molecule has 2 heteroatoms. The first-order valence-corrected chi connectivity index (χ1v) is 8.87. The van der Waals surface area contributed by atoms with Crippen LogP contribution in [-0.4, -0.2) is 18.4 Å². The van der Waals surface area contributed by atoms with E-state index in [4.69, 9.17) is 9.73 Å². The van der Waals surface area contributed by atoms with Crippen LogP contribution in [0.15, 0.2) is 59.6 Å². The Morgan fingerprint density at radius 2 is 1.92 bits per heavy atom. The lowest BCUT2D eigenvalue weighted by Crippen LogP contribution is -2.20. The number of hydrogen-bond donors (Lipinski definition) is 0. The number of fused-ring (bicyclic) bond motifs is 1. The largest absolute Gasteiger partial charge is 0.494 e. The molecule has 0 aliphatic carbocycles. The molecule has 1 heterocycles. The summed E-state index contributed by atoms with van der Waals surface area (Å²) in [5, 5.41) is 0. The Balaban J connectivity index is 1.92. The SMILES string of the molecule is CCCC1Cc2cc(OCC)ccc2C(C=Cc2ccccc2)=N1. The Morgan fingerprint density at radius 3 is 2.67 bits per heavy atom. The van der Waals surface area contributed by atoms with Crippen molar-refractivity contribution < 1.29 is 4.74 Å². The first-order chi connectivity index (χ1) is 11.8. The van der Waals surface area contributed by atoms with Crippen molar-refractivity contribution in [3.63, 3.8) is 0 Å². The van der Waals surface area contributed by atoms with Gasteiger partial charge in [0.1, 0.15) is 5.75 Å². The maximum absolute atomic E-state index is 5.67. The molecule has 1 atom stereocenters. The van der Waals surface area contributed by atoms with E-state index < -0.39 is 0 Å². The van der Waals surface area contributed by atoms with Crippen LogP contribution in [0.2, 0.25) is 0 Å². The second kappa shape index (κ2) is 7.96. The Bertz CT molecular complexity index is 731. The number of rotatable bonds is 6. The van der Waals surface area contributed by atoms with Gasteiger partial charge in [-0.1, -0.05) is 49.8 Å². The van der Waals surface area contributed by atoms with Crippen molar-refractivity contribution in [1.29, 1.82) is 0 Å². The molecule has 0 radical (unpaired) electrons. The molecule has 3 rings (SSSR count). The Morgan fingerprint density at radius 1 is 1.08 bits per heavy atom. The van der Waals surface area contributed by atoms with Crippen LogP contribution in [0, 0.1) is 0 Å². The molecule has 1 aliphatic heterocycles. The Kier molecular flexibility index (Phi) is 5.47. The number of benzene rings is 2. The highest BCUT2D eigenvalue weighted by Gasteiger charge is 2.19. The van der Waals surface area contributed by atoms with Gasteiger partial charge >= 0.3 is 0 Å². The van der Waals surface area contributed by atoms with Crippen LogP contribution in [0.25, 0.3) is 6.08 Å². The van der Waals surface area contributed by atoms with Gasteiger partial charge in [0.05, 0.1) is 18.4 Å². The van der Waals surface area contributed by atoms with E-state index in [2.05, 4.69) is 55.5 Å². The summed E-state index contributed by atoms with van der Waals surface area (Å²) in [5.74, 6) is 0.958.